The maximum atomic E-state index is 12.3. The van der Waals surface area contributed by atoms with E-state index in [9.17, 15) is 14.9 Å². The molecule has 1 fully saturated rings. The predicted molar refractivity (Wildman–Crippen MR) is 94.2 cm³/mol. The molecule has 6 nitrogen and oxygen atoms in total. The summed E-state index contributed by atoms with van der Waals surface area (Å²) in [4.78, 5) is 24.7. The van der Waals surface area contributed by atoms with Gasteiger partial charge in [0.05, 0.1) is 17.0 Å². The Morgan fingerprint density at radius 1 is 1.12 bits per heavy atom. The van der Waals surface area contributed by atoms with Crippen LogP contribution < -0.4 is 5.32 Å². The van der Waals surface area contributed by atoms with Crippen LogP contribution in [-0.4, -0.2) is 22.3 Å². The van der Waals surface area contributed by atoms with Crippen molar-refractivity contribution in [2.75, 3.05) is 11.9 Å². The number of fused-ring (bicyclic) bond motifs is 1. The molecule has 128 valence electrons. The quantitative estimate of drug-likeness (QED) is 0.682. The highest BCUT2D eigenvalue weighted by atomic mass is 16.6. The number of nitro groups is 1. The van der Waals surface area contributed by atoms with Crippen LogP contribution in [0, 0.1) is 10.1 Å². The number of para-hydroxylation sites is 1. The van der Waals surface area contributed by atoms with Crippen molar-refractivity contribution in [1.82, 2.24) is 4.90 Å². The SMILES string of the molecule is O=C1CCCN1C1CC(c2ccc([N+](=O)[O-])cc2)Nc2ccccc21. The summed E-state index contributed by atoms with van der Waals surface area (Å²) in [5.41, 5.74) is 3.26. The number of hydrogen-bond donors (Lipinski definition) is 1. The summed E-state index contributed by atoms with van der Waals surface area (Å²) in [6.45, 7) is 0.796. The van der Waals surface area contributed by atoms with E-state index in [1.54, 1.807) is 12.1 Å². The average molecular weight is 337 g/mol. The van der Waals surface area contributed by atoms with Gasteiger partial charge >= 0.3 is 0 Å². The van der Waals surface area contributed by atoms with Crippen molar-refractivity contribution in [3.63, 3.8) is 0 Å². The van der Waals surface area contributed by atoms with Gasteiger partial charge in [0, 0.05) is 30.8 Å². The number of carbonyl (C=O) groups excluding carboxylic acids is 1. The van der Waals surface area contributed by atoms with Gasteiger partial charge in [-0.3, -0.25) is 14.9 Å². The molecule has 6 heteroatoms. The van der Waals surface area contributed by atoms with Crippen LogP contribution in [0.4, 0.5) is 11.4 Å². The number of benzene rings is 2. The maximum absolute atomic E-state index is 12.3. The van der Waals surface area contributed by atoms with E-state index in [2.05, 4.69) is 11.4 Å². The zero-order valence-corrected chi connectivity index (χ0v) is 13.7. The Labute approximate surface area is 145 Å². The fourth-order valence-corrected chi connectivity index (χ4v) is 3.86. The Balaban J connectivity index is 1.67. The number of hydrogen-bond acceptors (Lipinski definition) is 4. The highest BCUT2D eigenvalue weighted by molar-refractivity contribution is 5.79. The van der Waals surface area contributed by atoms with Gasteiger partial charge in [0.1, 0.15) is 0 Å². The molecule has 25 heavy (non-hydrogen) atoms. The minimum Gasteiger partial charge on any atom is -0.378 e. The monoisotopic (exact) mass is 337 g/mol. The van der Waals surface area contributed by atoms with Crippen LogP contribution >= 0.6 is 0 Å². The number of likely N-dealkylation sites (tertiary alicyclic amines) is 1. The van der Waals surface area contributed by atoms with Crippen molar-refractivity contribution in [2.24, 2.45) is 0 Å². The Kier molecular flexibility index (Phi) is 3.87. The lowest BCUT2D eigenvalue weighted by molar-refractivity contribution is -0.384. The average Bonchev–Trinajstić information content (AvgIpc) is 3.06. The van der Waals surface area contributed by atoms with E-state index in [1.807, 2.05) is 23.1 Å². The van der Waals surface area contributed by atoms with Crippen LogP contribution in [0.3, 0.4) is 0 Å². The molecule has 1 N–H and O–H groups in total. The standard InChI is InChI=1S/C19H19N3O3/c23-19-6-3-11-21(19)18-12-17(20-16-5-2-1-4-15(16)18)13-7-9-14(10-8-13)22(24)25/h1-2,4-5,7-10,17-18,20H,3,6,11-12H2. The van der Waals surface area contributed by atoms with Gasteiger partial charge in [-0.15, -0.1) is 0 Å². The van der Waals surface area contributed by atoms with Crippen molar-refractivity contribution in [2.45, 2.75) is 31.3 Å². The van der Waals surface area contributed by atoms with Gasteiger partial charge in [-0.25, -0.2) is 0 Å². The molecule has 2 aromatic carbocycles. The van der Waals surface area contributed by atoms with Gasteiger partial charge in [-0.2, -0.15) is 0 Å². The number of anilines is 1. The van der Waals surface area contributed by atoms with Crippen LogP contribution in [0.1, 0.15) is 42.5 Å². The summed E-state index contributed by atoms with van der Waals surface area (Å²) in [5.74, 6) is 0.212. The van der Waals surface area contributed by atoms with Crippen molar-refractivity contribution >= 4 is 17.3 Å². The molecular formula is C19H19N3O3. The number of nitro benzene ring substituents is 1. The number of nitrogens with zero attached hydrogens (tertiary/aromatic N) is 2. The summed E-state index contributed by atoms with van der Waals surface area (Å²) in [5, 5.41) is 14.4. The van der Waals surface area contributed by atoms with E-state index in [0.717, 1.165) is 36.2 Å². The molecule has 4 rings (SSSR count). The second-order valence-corrected chi connectivity index (χ2v) is 6.58. The van der Waals surface area contributed by atoms with Crippen LogP contribution in [-0.2, 0) is 4.79 Å². The molecule has 0 aliphatic carbocycles. The summed E-state index contributed by atoms with van der Waals surface area (Å²) < 4.78 is 0. The lowest BCUT2D eigenvalue weighted by atomic mass is 9.88. The summed E-state index contributed by atoms with van der Waals surface area (Å²) >= 11 is 0. The number of non-ortho nitro benzene ring substituents is 1. The van der Waals surface area contributed by atoms with Gasteiger partial charge in [-0.1, -0.05) is 30.3 Å². The van der Waals surface area contributed by atoms with E-state index < -0.39 is 0 Å². The first-order valence-corrected chi connectivity index (χ1v) is 8.53. The molecule has 1 amide bonds. The van der Waals surface area contributed by atoms with E-state index in [1.165, 1.54) is 12.1 Å². The fraction of sp³-hybridized carbons (Fsp3) is 0.316. The Morgan fingerprint density at radius 3 is 2.56 bits per heavy atom. The van der Waals surface area contributed by atoms with E-state index in [4.69, 9.17) is 0 Å². The molecule has 2 aliphatic heterocycles. The topological polar surface area (TPSA) is 75.5 Å². The Morgan fingerprint density at radius 2 is 1.88 bits per heavy atom. The lowest BCUT2D eigenvalue weighted by Gasteiger charge is -2.38. The van der Waals surface area contributed by atoms with E-state index in [-0.39, 0.29) is 28.6 Å². The number of amides is 1. The first kappa shape index (κ1) is 15.6. The van der Waals surface area contributed by atoms with Crippen LogP contribution in [0.15, 0.2) is 48.5 Å². The third-order valence-electron chi connectivity index (χ3n) is 5.10. The first-order valence-electron chi connectivity index (χ1n) is 8.53. The molecule has 0 spiro atoms. The van der Waals surface area contributed by atoms with Gasteiger partial charge in [0.2, 0.25) is 5.91 Å². The molecule has 2 aliphatic rings. The maximum Gasteiger partial charge on any atom is 0.269 e. The normalized spacial score (nSPS) is 22.4. The highest BCUT2D eigenvalue weighted by Crippen LogP contribution is 2.43. The molecule has 0 aromatic heterocycles. The Hall–Kier alpha value is -2.89. The number of nitrogens with one attached hydrogen (secondary N) is 1. The fourth-order valence-electron chi connectivity index (χ4n) is 3.86. The minimum atomic E-state index is -0.390. The lowest BCUT2D eigenvalue weighted by Crippen LogP contribution is -2.35. The molecule has 1 saturated heterocycles. The summed E-state index contributed by atoms with van der Waals surface area (Å²) in [6, 6.07) is 14.8. The largest absolute Gasteiger partial charge is 0.378 e. The number of rotatable bonds is 3. The number of carbonyl (C=O) groups is 1. The zero-order valence-electron chi connectivity index (χ0n) is 13.7. The second-order valence-electron chi connectivity index (χ2n) is 6.58. The molecule has 2 aromatic rings. The third kappa shape index (κ3) is 2.84. The van der Waals surface area contributed by atoms with Crippen LogP contribution in [0.25, 0.3) is 0 Å². The highest BCUT2D eigenvalue weighted by Gasteiger charge is 2.35. The van der Waals surface area contributed by atoms with Crippen molar-refractivity contribution in [1.29, 1.82) is 0 Å². The van der Waals surface area contributed by atoms with Gasteiger partial charge in [-0.05, 0) is 30.0 Å². The van der Waals surface area contributed by atoms with Crippen LogP contribution in [0.2, 0.25) is 0 Å². The third-order valence-corrected chi connectivity index (χ3v) is 5.10. The van der Waals surface area contributed by atoms with Gasteiger partial charge in [0.25, 0.3) is 5.69 Å². The van der Waals surface area contributed by atoms with Crippen molar-refractivity contribution < 1.29 is 9.72 Å². The molecule has 0 bridgehead atoms. The van der Waals surface area contributed by atoms with Gasteiger partial charge < -0.3 is 10.2 Å². The summed E-state index contributed by atoms with van der Waals surface area (Å²) in [7, 11) is 0. The smallest absolute Gasteiger partial charge is 0.269 e. The van der Waals surface area contributed by atoms with E-state index >= 15 is 0 Å². The second kappa shape index (κ2) is 6.20. The zero-order chi connectivity index (χ0) is 17.4. The Bertz CT molecular complexity index is 819. The van der Waals surface area contributed by atoms with Crippen molar-refractivity contribution in [3.05, 3.63) is 69.8 Å². The van der Waals surface area contributed by atoms with Gasteiger partial charge in [0.15, 0.2) is 0 Å². The first-order chi connectivity index (χ1) is 12.1. The predicted octanol–water partition coefficient (Wildman–Crippen LogP) is 3.82. The molecule has 2 unspecified atom stereocenters. The molecule has 2 heterocycles. The molecule has 0 saturated carbocycles. The molecule has 0 radical (unpaired) electrons. The minimum absolute atomic E-state index is 0.0223. The molecule has 2 atom stereocenters. The van der Waals surface area contributed by atoms with Crippen molar-refractivity contribution in [3.8, 4) is 0 Å². The molecular weight excluding hydrogens is 318 g/mol. The summed E-state index contributed by atoms with van der Waals surface area (Å²) in [6.07, 6.45) is 2.29. The van der Waals surface area contributed by atoms with Crippen LogP contribution in [0.5, 0.6) is 0 Å². The van der Waals surface area contributed by atoms with E-state index in [0.29, 0.717) is 6.42 Å².